The number of nitrogens with zero attached hydrogens (tertiary/aromatic N) is 1. The lowest BCUT2D eigenvalue weighted by Gasteiger charge is -2.33. The van der Waals surface area contributed by atoms with Crippen molar-refractivity contribution in [1.29, 1.82) is 0 Å². The van der Waals surface area contributed by atoms with E-state index < -0.39 is 22.6 Å². The summed E-state index contributed by atoms with van der Waals surface area (Å²) in [6.07, 6.45) is 2.51. The van der Waals surface area contributed by atoms with E-state index in [0.29, 0.717) is 16.5 Å². The zero-order valence-corrected chi connectivity index (χ0v) is 16.1. The number of carbonyl (C=O) groups excluding carboxylic acids is 2. The van der Waals surface area contributed by atoms with Gasteiger partial charge in [-0.15, -0.1) is 11.3 Å². The second-order valence-corrected chi connectivity index (χ2v) is 8.83. The molecule has 1 aliphatic carbocycles. The van der Waals surface area contributed by atoms with Gasteiger partial charge in [0.25, 0.3) is 11.8 Å². The molecule has 0 bridgehead atoms. The number of amides is 2. The van der Waals surface area contributed by atoms with Crippen LogP contribution in [0.15, 0.2) is 16.5 Å². The number of carbonyl (C=O) groups is 2. The fourth-order valence-corrected chi connectivity index (χ4v) is 4.71. The van der Waals surface area contributed by atoms with E-state index in [1.54, 1.807) is 0 Å². The van der Waals surface area contributed by atoms with Crippen molar-refractivity contribution in [3.05, 3.63) is 44.0 Å². The van der Waals surface area contributed by atoms with Gasteiger partial charge >= 0.3 is 5.88 Å². The predicted octanol–water partition coefficient (Wildman–Crippen LogP) is 3.75. The maximum Gasteiger partial charge on any atom is 0.433 e. The van der Waals surface area contributed by atoms with Crippen molar-refractivity contribution in [2.24, 2.45) is 17.1 Å². The molecule has 2 heterocycles. The van der Waals surface area contributed by atoms with Crippen LogP contribution >= 0.6 is 11.3 Å². The summed E-state index contributed by atoms with van der Waals surface area (Å²) in [6.45, 7) is 6.58. The maximum atomic E-state index is 12.4. The molecule has 0 fully saturated rings. The lowest BCUT2D eigenvalue weighted by atomic mass is 9.72. The Morgan fingerprint density at radius 2 is 2.07 bits per heavy atom. The Hall–Kier alpha value is -2.68. The van der Waals surface area contributed by atoms with Crippen LogP contribution in [-0.2, 0) is 12.8 Å². The Bertz CT molecular complexity index is 922. The standard InChI is InChI=1S/C18H21N3O5S/c1-18(2,3)9-4-5-10-12(8-9)27-17(14(10)15(19)22)20-16(23)11-6-7-13(26-11)21(24)25/h6-7,9H,4-5,8H2,1-3H3,(H2,19,22)(H,20,23)/t9-/m0/s1. The number of hydrogen-bond acceptors (Lipinski definition) is 6. The second kappa shape index (κ2) is 6.80. The Labute approximate surface area is 159 Å². The minimum atomic E-state index is -0.720. The molecule has 27 heavy (non-hydrogen) atoms. The number of thiophene rings is 1. The molecule has 2 aromatic heterocycles. The van der Waals surface area contributed by atoms with Gasteiger partial charge in [0.2, 0.25) is 0 Å². The zero-order chi connectivity index (χ0) is 19.9. The van der Waals surface area contributed by atoms with Gasteiger partial charge in [-0.1, -0.05) is 20.8 Å². The van der Waals surface area contributed by atoms with Crippen molar-refractivity contribution in [1.82, 2.24) is 0 Å². The van der Waals surface area contributed by atoms with Crippen molar-refractivity contribution in [3.8, 4) is 0 Å². The highest BCUT2D eigenvalue weighted by atomic mass is 32.1. The number of fused-ring (bicyclic) bond motifs is 1. The molecule has 0 aromatic carbocycles. The molecule has 0 saturated carbocycles. The lowest BCUT2D eigenvalue weighted by Crippen LogP contribution is -2.27. The number of hydrogen-bond donors (Lipinski definition) is 2. The number of nitrogens with two attached hydrogens (primary N) is 1. The fraction of sp³-hybridized carbons (Fsp3) is 0.444. The summed E-state index contributed by atoms with van der Waals surface area (Å²) in [4.78, 5) is 35.4. The number of anilines is 1. The van der Waals surface area contributed by atoms with Crippen molar-refractivity contribution in [3.63, 3.8) is 0 Å². The first-order chi connectivity index (χ1) is 12.6. The van der Waals surface area contributed by atoms with E-state index in [1.165, 1.54) is 17.4 Å². The summed E-state index contributed by atoms with van der Waals surface area (Å²) >= 11 is 1.34. The van der Waals surface area contributed by atoms with Gasteiger partial charge in [0.15, 0.2) is 5.76 Å². The molecule has 0 radical (unpaired) electrons. The largest absolute Gasteiger partial charge is 0.433 e. The number of primary amides is 1. The molecule has 0 aliphatic heterocycles. The van der Waals surface area contributed by atoms with Crippen LogP contribution in [0.25, 0.3) is 0 Å². The van der Waals surface area contributed by atoms with Crippen molar-refractivity contribution in [2.45, 2.75) is 40.0 Å². The van der Waals surface area contributed by atoms with Crippen LogP contribution in [0.4, 0.5) is 10.9 Å². The third-order valence-corrected chi connectivity index (χ3v) is 6.13. The van der Waals surface area contributed by atoms with Gasteiger partial charge in [-0.3, -0.25) is 19.7 Å². The maximum absolute atomic E-state index is 12.4. The number of furan rings is 1. The molecular formula is C18H21N3O5S. The topological polar surface area (TPSA) is 128 Å². The summed E-state index contributed by atoms with van der Waals surface area (Å²) in [5.74, 6) is -1.50. The Morgan fingerprint density at radius 3 is 2.63 bits per heavy atom. The molecule has 0 saturated heterocycles. The van der Waals surface area contributed by atoms with Crippen LogP contribution < -0.4 is 11.1 Å². The molecule has 2 amide bonds. The van der Waals surface area contributed by atoms with Gasteiger partial charge in [-0.25, -0.2) is 0 Å². The minimum absolute atomic E-state index is 0.144. The van der Waals surface area contributed by atoms with Crippen LogP contribution in [-0.4, -0.2) is 16.7 Å². The summed E-state index contributed by atoms with van der Waals surface area (Å²) in [5, 5.41) is 13.7. The quantitative estimate of drug-likeness (QED) is 0.606. The summed E-state index contributed by atoms with van der Waals surface area (Å²) in [7, 11) is 0. The highest BCUT2D eigenvalue weighted by Gasteiger charge is 2.33. The molecule has 3 rings (SSSR count). The van der Waals surface area contributed by atoms with E-state index in [-0.39, 0.29) is 11.2 Å². The van der Waals surface area contributed by atoms with E-state index in [4.69, 9.17) is 10.2 Å². The van der Waals surface area contributed by atoms with Gasteiger partial charge in [-0.05, 0) is 42.2 Å². The first kappa shape index (κ1) is 19.1. The van der Waals surface area contributed by atoms with E-state index in [0.717, 1.165) is 35.8 Å². The van der Waals surface area contributed by atoms with Crippen molar-refractivity contribution >= 4 is 34.0 Å². The molecule has 1 atom stereocenters. The molecule has 3 N–H and O–H groups in total. The monoisotopic (exact) mass is 391 g/mol. The highest BCUT2D eigenvalue weighted by molar-refractivity contribution is 7.17. The van der Waals surface area contributed by atoms with Crippen LogP contribution in [0, 0.1) is 21.4 Å². The molecule has 2 aromatic rings. The third kappa shape index (κ3) is 3.73. The first-order valence-corrected chi connectivity index (χ1v) is 9.39. The Morgan fingerprint density at radius 1 is 1.37 bits per heavy atom. The van der Waals surface area contributed by atoms with Crippen LogP contribution in [0.1, 0.15) is 58.5 Å². The van der Waals surface area contributed by atoms with Gasteiger partial charge in [0.05, 0.1) is 11.6 Å². The summed E-state index contributed by atoms with van der Waals surface area (Å²) in [6, 6.07) is 2.33. The third-order valence-electron chi connectivity index (χ3n) is 4.96. The van der Waals surface area contributed by atoms with Gasteiger partial charge in [0, 0.05) is 4.88 Å². The van der Waals surface area contributed by atoms with E-state index in [9.17, 15) is 19.7 Å². The molecule has 0 unspecified atom stereocenters. The average Bonchev–Trinajstić information content (AvgIpc) is 3.17. The SMILES string of the molecule is CC(C)(C)[C@H]1CCc2c(sc(NC(=O)c3ccc([N+](=O)[O-])o3)c2C(N)=O)C1. The fourth-order valence-electron chi connectivity index (χ4n) is 3.39. The molecule has 144 valence electrons. The summed E-state index contributed by atoms with van der Waals surface area (Å²) in [5.41, 5.74) is 6.94. The summed E-state index contributed by atoms with van der Waals surface area (Å²) < 4.78 is 4.92. The van der Waals surface area contributed by atoms with Gasteiger partial charge < -0.3 is 15.5 Å². The lowest BCUT2D eigenvalue weighted by molar-refractivity contribution is -0.402. The van der Waals surface area contributed by atoms with Crippen LogP contribution in [0.5, 0.6) is 0 Å². The van der Waals surface area contributed by atoms with E-state index in [1.807, 2.05) is 0 Å². The number of rotatable bonds is 4. The molecule has 9 heteroatoms. The minimum Gasteiger partial charge on any atom is -0.395 e. The molecule has 0 spiro atoms. The second-order valence-electron chi connectivity index (χ2n) is 7.73. The zero-order valence-electron chi connectivity index (χ0n) is 15.3. The highest BCUT2D eigenvalue weighted by Crippen LogP contribution is 2.44. The Kier molecular flexibility index (Phi) is 4.81. The first-order valence-electron chi connectivity index (χ1n) is 8.58. The van der Waals surface area contributed by atoms with Crippen LogP contribution in [0.3, 0.4) is 0 Å². The van der Waals surface area contributed by atoms with Crippen molar-refractivity contribution < 1.29 is 18.9 Å². The van der Waals surface area contributed by atoms with E-state index in [2.05, 4.69) is 26.1 Å². The van der Waals surface area contributed by atoms with Gasteiger partial charge in [-0.2, -0.15) is 0 Å². The van der Waals surface area contributed by atoms with Crippen molar-refractivity contribution in [2.75, 3.05) is 5.32 Å². The number of nitro groups is 1. The predicted molar refractivity (Wildman–Crippen MR) is 101 cm³/mol. The van der Waals surface area contributed by atoms with Crippen LogP contribution in [0.2, 0.25) is 0 Å². The molecule has 8 nitrogen and oxygen atoms in total. The Balaban J connectivity index is 1.89. The number of nitrogens with one attached hydrogen (secondary N) is 1. The smallest absolute Gasteiger partial charge is 0.395 e. The van der Waals surface area contributed by atoms with Gasteiger partial charge in [0.1, 0.15) is 9.92 Å². The average molecular weight is 391 g/mol. The van der Waals surface area contributed by atoms with E-state index >= 15 is 0 Å². The molecule has 1 aliphatic rings. The normalized spacial score (nSPS) is 16.6. The molecular weight excluding hydrogens is 370 g/mol.